The first kappa shape index (κ1) is 26.2. The highest BCUT2D eigenvalue weighted by molar-refractivity contribution is 5.86. The van der Waals surface area contributed by atoms with Crippen molar-refractivity contribution in [3.05, 3.63) is 90.3 Å². The fourth-order valence-corrected chi connectivity index (χ4v) is 4.62. The maximum absolute atomic E-state index is 12.9. The quantitative estimate of drug-likeness (QED) is 0.323. The molecule has 1 aliphatic heterocycles. The Balaban J connectivity index is 1.18. The number of hydrogen-bond acceptors (Lipinski definition) is 6. The third-order valence-corrected chi connectivity index (χ3v) is 6.57. The Kier molecular flexibility index (Phi) is 7.51. The lowest BCUT2D eigenvalue weighted by Gasteiger charge is -2.40. The normalized spacial score (nSPS) is 16.2. The van der Waals surface area contributed by atoms with E-state index in [4.69, 9.17) is 4.74 Å². The SMILES string of the molecule is C[C@@H]1CN(Cc2cn[nH]c2-c2ccc(OC(=O)Nc3ccccc3)cc2)CCN1c1ccc(C(F)(F)F)cn1. The van der Waals surface area contributed by atoms with Crippen molar-refractivity contribution in [1.29, 1.82) is 0 Å². The minimum atomic E-state index is -4.40. The van der Waals surface area contributed by atoms with Crippen molar-refractivity contribution in [2.45, 2.75) is 25.7 Å². The van der Waals surface area contributed by atoms with Gasteiger partial charge in [-0.15, -0.1) is 0 Å². The fraction of sp³-hybridized carbons (Fsp3) is 0.250. The van der Waals surface area contributed by atoms with Gasteiger partial charge in [-0.25, -0.2) is 9.78 Å². The zero-order chi connectivity index (χ0) is 27.4. The Morgan fingerprint density at radius 3 is 2.49 bits per heavy atom. The first-order chi connectivity index (χ1) is 18.8. The van der Waals surface area contributed by atoms with E-state index >= 15 is 0 Å². The molecule has 202 valence electrons. The molecule has 11 heteroatoms. The minimum Gasteiger partial charge on any atom is -0.410 e. The van der Waals surface area contributed by atoms with Gasteiger partial charge in [-0.3, -0.25) is 15.3 Å². The predicted octanol–water partition coefficient (Wildman–Crippen LogP) is 5.81. The number of amides is 1. The van der Waals surface area contributed by atoms with E-state index in [1.165, 1.54) is 6.07 Å². The van der Waals surface area contributed by atoms with Crippen LogP contribution in [-0.4, -0.2) is 51.9 Å². The van der Waals surface area contributed by atoms with E-state index in [2.05, 4.69) is 25.4 Å². The molecule has 0 unspecified atom stereocenters. The van der Waals surface area contributed by atoms with Gasteiger partial charge in [-0.05, 0) is 55.5 Å². The summed E-state index contributed by atoms with van der Waals surface area (Å²) in [6.45, 7) is 4.78. The van der Waals surface area contributed by atoms with Crippen LogP contribution in [0, 0.1) is 0 Å². The van der Waals surface area contributed by atoms with Gasteiger partial charge in [-0.1, -0.05) is 18.2 Å². The van der Waals surface area contributed by atoms with Crippen molar-refractivity contribution in [2.75, 3.05) is 29.9 Å². The summed E-state index contributed by atoms with van der Waals surface area (Å²) < 4.78 is 44.0. The van der Waals surface area contributed by atoms with Crippen LogP contribution in [0.2, 0.25) is 0 Å². The van der Waals surface area contributed by atoms with Crippen LogP contribution < -0.4 is 15.0 Å². The van der Waals surface area contributed by atoms with Gasteiger partial charge in [0.2, 0.25) is 0 Å². The number of pyridine rings is 1. The molecular weight excluding hydrogens is 509 g/mol. The summed E-state index contributed by atoms with van der Waals surface area (Å²) in [5.41, 5.74) is 2.68. The molecule has 2 N–H and O–H groups in total. The Morgan fingerprint density at radius 2 is 1.82 bits per heavy atom. The molecule has 1 saturated heterocycles. The molecule has 0 bridgehead atoms. The van der Waals surface area contributed by atoms with Gasteiger partial charge in [0.05, 0.1) is 17.5 Å². The number of piperazine rings is 1. The number of H-pyrrole nitrogens is 1. The van der Waals surface area contributed by atoms with Crippen LogP contribution in [-0.2, 0) is 12.7 Å². The number of aromatic nitrogens is 3. The second-order valence-corrected chi connectivity index (χ2v) is 9.36. The average molecular weight is 537 g/mol. The number of halogens is 3. The summed E-state index contributed by atoms with van der Waals surface area (Å²) in [5, 5.41) is 9.97. The molecule has 0 aliphatic carbocycles. The number of nitrogens with zero attached hydrogens (tertiary/aromatic N) is 4. The Morgan fingerprint density at radius 1 is 1.05 bits per heavy atom. The van der Waals surface area contributed by atoms with Crippen LogP contribution in [0.4, 0.5) is 29.5 Å². The van der Waals surface area contributed by atoms with E-state index < -0.39 is 17.8 Å². The molecule has 1 aliphatic rings. The molecule has 39 heavy (non-hydrogen) atoms. The van der Waals surface area contributed by atoms with Gasteiger partial charge in [-0.2, -0.15) is 18.3 Å². The molecule has 1 atom stereocenters. The number of benzene rings is 2. The summed E-state index contributed by atoms with van der Waals surface area (Å²) in [6.07, 6.45) is -2.29. The number of carbonyl (C=O) groups is 1. The Bertz CT molecular complexity index is 1390. The molecule has 0 spiro atoms. The zero-order valence-electron chi connectivity index (χ0n) is 21.2. The van der Waals surface area contributed by atoms with Gasteiger partial charge >= 0.3 is 12.3 Å². The molecule has 1 amide bonds. The number of aromatic amines is 1. The Hall–Kier alpha value is -4.38. The van der Waals surface area contributed by atoms with Crippen molar-refractivity contribution in [1.82, 2.24) is 20.1 Å². The molecule has 2 aromatic carbocycles. The Labute approximate surface area is 223 Å². The van der Waals surface area contributed by atoms with Crippen molar-refractivity contribution in [3.63, 3.8) is 0 Å². The monoisotopic (exact) mass is 536 g/mol. The number of ether oxygens (including phenoxy) is 1. The molecule has 3 heterocycles. The van der Waals surface area contributed by atoms with Crippen molar-refractivity contribution in [3.8, 4) is 17.0 Å². The number of para-hydroxylation sites is 1. The smallest absolute Gasteiger partial charge is 0.410 e. The van der Waals surface area contributed by atoms with E-state index in [1.54, 1.807) is 30.5 Å². The predicted molar refractivity (Wildman–Crippen MR) is 141 cm³/mol. The van der Waals surface area contributed by atoms with Crippen LogP contribution in [0.25, 0.3) is 11.3 Å². The molecule has 2 aromatic heterocycles. The average Bonchev–Trinajstić information content (AvgIpc) is 3.37. The van der Waals surface area contributed by atoms with Gasteiger partial charge in [0, 0.05) is 55.2 Å². The summed E-state index contributed by atoms with van der Waals surface area (Å²) in [7, 11) is 0. The molecule has 0 radical (unpaired) electrons. The van der Waals surface area contributed by atoms with E-state index in [0.717, 1.165) is 42.2 Å². The number of hydrogen-bond donors (Lipinski definition) is 2. The highest BCUT2D eigenvalue weighted by atomic mass is 19.4. The maximum atomic E-state index is 12.9. The van der Waals surface area contributed by atoms with Crippen molar-refractivity contribution in [2.24, 2.45) is 0 Å². The second kappa shape index (κ2) is 11.2. The lowest BCUT2D eigenvalue weighted by molar-refractivity contribution is -0.137. The largest absolute Gasteiger partial charge is 0.417 e. The summed E-state index contributed by atoms with van der Waals surface area (Å²) in [4.78, 5) is 20.5. The summed E-state index contributed by atoms with van der Waals surface area (Å²) in [5.74, 6) is 0.953. The third-order valence-electron chi connectivity index (χ3n) is 6.57. The number of alkyl halides is 3. The van der Waals surface area contributed by atoms with Crippen LogP contribution in [0.3, 0.4) is 0 Å². The molecular formula is C28H27F3N6O2. The van der Waals surface area contributed by atoms with Crippen LogP contribution in [0.15, 0.2) is 79.1 Å². The fourth-order valence-electron chi connectivity index (χ4n) is 4.62. The zero-order valence-corrected chi connectivity index (χ0v) is 21.2. The molecule has 1 fully saturated rings. The number of nitrogens with one attached hydrogen (secondary N) is 2. The standard InChI is InChI=1S/C28H27F3N6O2/c1-19-17-36(13-14-37(19)25-12-9-22(16-32-25)28(29,30)31)18-21-15-33-35-26(21)20-7-10-24(11-8-20)39-27(38)34-23-5-3-2-4-6-23/h2-12,15-16,19H,13-14,17-18H2,1H3,(H,33,35)(H,34,38)/t19-/m1/s1. The van der Waals surface area contributed by atoms with Crippen molar-refractivity contribution >= 4 is 17.6 Å². The molecule has 5 rings (SSSR count). The summed E-state index contributed by atoms with van der Waals surface area (Å²) >= 11 is 0. The van der Waals surface area contributed by atoms with Gasteiger partial charge in [0.15, 0.2) is 0 Å². The van der Waals surface area contributed by atoms with E-state index in [0.29, 0.717) is 30.3 Å². The second-order valence-electron chi connectivity index (χ2n) is 9.36. The number of carbonyl (C=O) groups excluding carboxylic acids is 1. The van der Waals surface area contributed by atoms with E-state index in [9.17, 15) is 18.0 Å². The lowest BCUT2D eigenvalue weighted by atomic mass is 10.1. The topological polar surface area (TPSA) is 86.4 Å². The molecule has 8 nitrogen and oxygen atoms in total. The lowest BCUT2D eigenvalue weighted by Crippen LogP contribution is -2.51. The first-order valence-electron chi connectivity index (χ1n) is 12.4. The minimum absolute atomic E-state index is 0.0665. The van der Waals surface area contributed by atoms with Gasteiger partial charge in [0.25, 0.3) is 0 Å². The summed E-state index contributed by atoms with van der Waals surface area (Å²) in [6, 6.07) is 18.8. The van der Waals surface area contributed by atoms with Crippen LogP contribution >= 0.6 is 0 Å². The van der Waals surface area contributed by atoms with E-state index in [-0.39, 0.29) is 6.04 Å². The van der Waals surface area contributed by atoms with E-state index in [1.807, 2.05) is 42.2 Å². The molecule has 4 aromatic rings. The maximum Gasteiger partial charge on any atom is 0.417 e. The highest BCUT2D eigenvalue weighted by Crippen LogP contribution is 2.30. The number of rotatable bonds is 6. The molecule has 0 saturated carbocycles. The third kappa shape index (κ3) is 6.37. The first-order valence-corrected chi connectivity index (χ1v) is 12.4. The van der Waals surface area contributed by atoms with Crippen molar-refractivity contribution < 1.29 is 22.7 Å². The van der Waals surface area contributed by atoms with Crippen LogP contribution in [0.5, 0.6) is 5.75 Å². The van der Waals surface area contributed by atoms with Gasteiger partial charge < -0.3 is 9.64 Å². The van der Waals surface area contributed by atoms with Crippen LogP contribution in [0.1, 0.15) is 18.1 Å². The highest BCUT2D eigenvalue weighted by Gasteiger charge is 2.32. The number of anilines is 2. The van der Waals surface area contributed by atoms with Gasteiger partial charge in [0.1, 0.15) is 11.6 Å².